The lowest BCUT2D eigenvalue weighted by Gasteiger charge is -2.38. The zero-order valence-corrected chi connectivity index (χ0v) is 15.1. The molecule has 1 N–H and O–H groups in total. The van der Waals surface area contributed by atoms with E-state index in [1.165, 1.54) is 18.2 Å². The molecule has 0 saturated heterocycles. The van der Waals surface area contributed by atoms with Crippen molar-refractivity contribution in [2.75, 3.05) is 0 Å². The van der Waals surface area contributed by atoms with Crippen LogP contribution in [0.15, 0.2) is 24.3 Å². The number of benzene rings is 1. The Morgan fingerprint density at radius 2 is 1.29 bits per heavy atom. The second kappa shape index (κ2) is 6.27. The Balaban J connectivity index is 2.63. The minimum atomic E-state index is -6.65. The maximum absolute atomic E-state index is 14.8. The predicted molar refractivity (Wildman–Crippen MR) is 83.0 cm³/mol. The molecule has 0 spiro atoms. The maximum Gasteiger partial charge on any atom is 0.381 e. The van der Waals surface area contributed by atoms with Crippen molar-refractivity contribution in [2.45, 2.75) is 74.5 Å². The van der Waals surface area contributed by atoms with Crippen LogP contribution in [0.2, 0.25) is 0 Å². The van der Waals surface area contributed by atoms with Crippen molar-refractivity contribution in [1.82, 2.24) is 0 Å². The lowest BCUT2D eigenvalue weighted by Crippen LogP contribution is -2.57. The molecule has 2 atom stereocenters. The highest BCUT2D eigenvalue weighted by atomic mass is 19.4. The molecule has 1 saturated carbocycles. The van der Waals surface area contributed by atoms with Crippen molar-refractivity contribution < 1.29 is 44.6 Å². The Kier molecular flexibility index (Phi) is 5.12. The van der Waals surface area contributed by atoms with E-state index >= 15 is 0 Å². The highest BCUT2D eigenvalue weighted by Crippen LogP contribution is 2.71. The van der Waals surface area contributed by atoms with Crippen LogP contribution in [0.3, 0.4) is 0 Å². The van der Waals surface area contributed by atoms with Crippen molar-refractivity contribution >= 4 is 0 Å². The van der Waals surface area contributed by atoms with E-state index in [9.17, 15) is 44.6 Å². The molecular formula is C18H19F9O. The van der Waals surface area contributed by atoms with Gasteiger partial charge in [0.05, 0.1) is 5.60 Å². The van der Waals surface area contributed by atoms with Gasteiger partial charge in [-0.3, -0.25) is 0 Å². The average molecular weight is 422 g/mol. The minimum absolute atomic E-state index is 0.266. The van der Waals surface area contributed by atoms with Gasteiger partial charge in [0.1, 0.15) is 0 Å². The van der Waals surface area contributed by atoms with Gasteiger partial charge >= 0.3 is 23.7 Å². The number of aliphatic hydroxyl groups is 1. The smallest absolute Gasteiger partial charge is 0.381 e. The summed E-state index contributed by atoms with van der Waals surface area (Å²) in [6.07, 6.45) is -1.91. The Morgan fingerprint density at radius 1 is 0.857 bits per heavy atom. The van der Waals surface area contributed by atoms with Crippen LogP contribution in [-0.2, 0) is 5.60 Å². The molecular weight excluding hydrogens is 403 g/mol. The van der Waals surface area contributed by atoms with Gasteiger partial charge in [-0.15, -0.1) is 0 Å². The fourth-order valence-electron chi connectivity index (χ4n) is 3.52. The quantitative estimate of drug-likeness (QED) is 0.572. The molecule has 1 nitrogen and oxygen atoms in total. The SMILES string of the molecule is CCC(C)c1ccccc1C(C)(O)CC1(F)C(F)(F)C(F)(F)C(F)(F)C1(F)F. The second-order valence-electron chi connectivity index (χ2n) is 7.45. The zero-order chi connectivity index (χ0) is 22.0. The van der Waals surface area contributed by atoms with E-state index in [1.54, 1.807) is 13.8 Å². The Bertz CT molecular complexity index is 716. The van der Waals surface area contributed by atoms with Gasteiger partial charge in [-0.1, -0.05) is 38.1 Å². The Morgan fingerprint density at radius 3 is 1.71 bits per heavy atom. The summed E-state index contributed by atoms with van der Waals surface area (Å²) >= 11 is 0. The van der Waals surface area contributed by atoms with Gasteiger partial charge in [-0.25, -0.2) is 4.39 Å². The molecule has 1 aromatic carbocycles. The monoisotopic (exact) mass is 422 g/mol. The summed E-state index contributed by atoms with van der Waals surface area (Å²) in [5, 5.41) is 10.5. The average Bonchev–Trinajstić information content (AvgIpc) is 2.63. The van der Waals surface area contributed by atoms with Gasteiger partial charge < -0.3 is 5.11 Å². The van der Waals surface area contributed by atoms with Crippen molar-refractivity contribution in [1.29, 1.82) is 0 Å². The minimum Gasteiger partial charge on any atom is -0.385 e. The molecule has 1 fully saturated rings. The molecule has 0 aliphatic heterocycles. The molecule has 1 aromatic rings. The molecule has 0 bridgehead atoms. The van der Waals surface area contributed by atoms with Crippen molar-refractivity contribution in [3.05, 3.63) is 35.4 Å². The first-order chi connectivity index (χ1) is 12.4. The molecule has 1 aliphatic carbocycles. The van der Waals surface area contributed by atoms with E-state index in [0.29, 0.717) is 13.3 Å². The van der Waals surface area contributed by atoms with Gasteiger partial charge in [-0.2, -0.15) is 35.1 Å². The van der Waals surface area contributed by atoms with Crippen LogP contribution in [-0.4, -0.2) is 34.5 Å². The Labute approximate surface area is 155 Å². The first-order valence-corrected chi connectivity index (χ1v) is 8.44. The fourth-order valence-corrected chi connectivity index (χ4v) is 3.52. The highest BCUT2D eigenvalue weighted by molar-refractivity contribution is 5.37. The van der Waals surface area contributed by atoms with E-state index in [0.717, 1.165) is 6.07 Å². The predicted octanol–water partition coefficient (Wildman–Crippen LogP) is 6.06. The van der Waals surface area contributed by atoms with Crippen LogP contribution in [0, 0.1) is 0 Å². The lowest BCUT2D eigenvalue weighted by atomic mass is 9.77. The number of hydrogen-bond acceptors (Lipinski definition) is 1. The molecule has 2 rings (SSSR count). The summed E-state index contributed by atoms with van der Waals surface area (Å²) in [4.78, 5) is 0. The number of hydrogen-bond donors (Lipinski definition) is 1. The number of halogens is 9. The zero-order valence-electron chi connectivity index (χ0n) is 15.1. The number of alkyl halides is 9. The third-order valence-corrected chi connectivity index (χ3v) is 5.45. The first-order valence-electron chi connectivity index (χ1n) is 8.44. The standard InChI is InChI=1S/C18H19F9O/c1-4-10(2)11-7-5-6-8-12(11)13(3,28)9-14(19)15(20,21)17(24,25)18(26,27)16(14,22)23/h5-8,10,28H,4,9H2,1-3H3. The van der Waals surface area contributed by atoms with Crippen molar-refractivity contribution in [3.8, 4) is 0 Å². The summed E-state index contributed by atoms with van der Waals surface area (Å²) < 4.78 is 124. The summed E-state index contributed by atoms with van der Waals surface area (Å²) in [6.45, 7) is 4.00. The van der Waals surface area contributed by atoms with E-state index in [2.05, 4.69) is 0 Å². The topological polar surface area (TPSA) is 20.2 Å². The van der Waals surface area contributed by atoms with Crippen molar-refractivity contribution in [2.24, 2.45) is 0 Å². The third kappa shape index (κ3) is 2.59. The van der Waals surface area contributed by atoms with Crippen LogP contribution < -0.4 is 0 Å². The third-order valence-electron chi connectivity index (χ3n) is 5.45. The van der Waals surface area contributed by atoms with Crippen LogP contribution in [0.5, 0.6) is 0 Å². The Hall–Kier alpha value is -1.45. The molecule has 0 radical (unpaired) electrons. The van der Waals surface area contributed by atoms with Gasteiger partial charge in [0.15, 0.2) is 0 Å². The molecule has 1 aliphatic rings. The summed E-state index contributed by atoms with van der Waals surface area (Å²) in [5.41, 5.74) is -8.58. The van der Waals surface area contributed by atoms with E-state index < -0.39 is 41.4 Å². The van der Waals surface area contributed by atoms with Gasteiger partial charge in [0.25, 0.3) is 5.67 Å². The van der Waals surface area contributed by atoms with Crippen molar-refractivity contribution in [3.63, 3.8) is 0 Å². The van der Waals surface area contributed by atoms with Crippen LogP contribution in [0.25, 0.3) is 0 Å². The normalized spacial score (nSPS) is 27.2. The van der Waals surface area contributed by atoms with E-state index in [4.69, 9.17) is 0 Å². The number of rotatable bonds is 5. The lowest BCUT2D eigenvalue weighted by molar-refractivity contribution is -0.303. The van der Waals surface area contributed by atoms with Gasteiger partial charge in [0.2, 0.25) is 0 Å². The summed E-state index contributed by atoms with van der Waals surface area (Å²) in [5.74, 6) is -26.5. The fraction of sp³-hybridized carbons (Fsp3) is 0.667. The highest BCUT2D eigenvalue weighted by Gasteiger charge is 3.00. The molecule has 0 aromatic heterocycles. The molecule has 2 unspecified atom stereocenters. The molecule has 28 heavy (non-hydrogen) atoms. The molecule has 0 amide bonds. The van der Waals surface area contributed by atoms with Crippen LogP contribution in [0.1, 0.15) is 50.7 Å². The maximum atomic E-state index is 14.8. The van der Waals surface area contributed by atoms with E-state index in [-0.39, 0.29) is 17.0 Å². The molecule has 160 valence electrons. The molecule has 10 heteroatoms. The van der Waals surface area contributed by atoms with Gasteiger partial charge in [0, 0.05) is 6.42 Å². The summed E-state index contributed by atoms with van der Waals surface area (Å²) in [7, 11) is 0. The molecule has 0 heterocycles. The second-order valence-corrected chi connectivity index (χ2v) is 7.45. The van der Waals surface area contributed by atoms with E-state index in [1.807, 2.05) is 0 Å². The van der Waals surface area contributed by atoms with Crippen LogP contribution >= 0.6 is 0 Å². The van der Waals surface area contributed by atoms with Crippen LogP contribution in [0.4, 0.5) is 39.5 Å². The van der Waals surface area contributed by atoms with Gasteiger partial charge in [-0.05, 0) is 30.4 Å². The first kappa shape index (κ1) is 22.8. The largest absolute Gasteiger partial charge is 0.385 e. The summed E-state index contributed by atoms with van der Waals surface area (Å²) in [6, 6.07) is 5.30.